The lowest BCUT2D eigenvalue weighted by molar-refractivity contribution is -0.132. The molecule has 1 aromatic heterocycles. The van der Waals surface area contributed by atoms with Gasteiger partial charge in [0.1, 0.15) is 5.69 Å². The monoisotopic (exact) mass is 370 g/mol. The lowest BCUT2D eigenvalue weighted by atomic mass is 9.93. The van der Waals surface area contributed by atoms with Crippen LogP contribution in [0.2, 0.25) is 0 Å². The Morgan fingerprint density at radius 3 is 2.48 bits per heavy atom. The Morgan fingerprint density at radius 1 is 1.15 bits per heavy atom. The molecule has 1 fully saturated rings. The first-order valence-corrected chi connectivity index (χ1v) is 9.12. The number of nitrogens with zero attached hydrogens (tertiary/aromatic N) is 4. The summed E-state index contributed by atoms with van der Waals surface area (Å²) in [6.07, 6.45) is 5.01. The molecule has 0 spiro atoms. The van der Waals surface area contributed by atoms with E-state index in [9.17, 15) is 4.79 Å². The highest BCUT2D eigenvalue weighted by Gasteiger charge is 2.27. The second-order valence-electron chi connectivity index (χ2n) is 6.89. The van der Waals surface area contributed by atoms with Gasteiger partial charge in [0.05, 0.1) is 13.7 Å². The van der Waals surface area contributed by atoms with Crippen LogP contribution in [0.3, 0.4) is 0 Å². The van der Waals surface area contributed by atoms with Gasteiger partial charge in [-0.05, 0) is 39.1 Å². The predicted molar refractivity (Wildman–Crippen MR) is 102 cm³/mol. The molecule has 1 aromatic carbocycles. The van der Waals surface area contributed by atoms with Crippen molar-refractivity contribution in [1.82, 2.24) is 19.8 Å². The number of carbonyl (C=O) groups is 1. The maximum atomic E-state index is 12.2. The van der Waals surface area contributed by atoms with Gasteiger partial charge in [-0.15, -0.1) is 0 Å². The molecule has 2 aromatic rings. The molecule has 2 heterocycles. The summed E-state index contributed by atoms with van der Waals surface area (Å²) in [5.41, 5.74) is 0.836. The maximum absolute atomic E-state index is 12.2. The third-order valence-corrected chi connectivity index (χ3v) is 4.65. The molecule has 0 atom stereocenters. The second-order valence-corrected chi connectivity index (χ2v) is 6.89. The van der Waals surface area contributed by atoms with Gasteiger partial charge in [0.15, 0.2) is 11.5 Å². The Morgan fingerprint density at radius 2 is 1.81 bits per heavy atom. The number of amides is 1. The first-order valence-electron chi connectivity index (χ1n) is 9.12. The molecule has 1 aliphatic rings. The van der Waals surface area contributed by atoms with Crippen LogP contribution in [-0.2, 0) is 4.79 Å². The molecule has 0 saturated carbocycles. The molecule has 0 aliphatic carbocycles. The summed E-state index contributed by atoms with van der Waals surface area (Å²) in [4.78, 5) is 25.0. The minimum Gasteiger partial charge on any atom is -0.493 e. The first-order chi connectivity index (χ1) is 13.1. The molecule has 1 saturated heterocycles. The van der Waals surface area contributed by atoms with E-state index in [1.165, 1.54) is 0 Å². The van der Waals surface area contributed by atoms with Gasteiger partial charge in [-0.25, -0.2) is 4.98 Å². The smallest absolute Gasteiger partial charge is 0.241 e. The van der Waals surface area contributed by atoms with E-state index < -0.39 is 0 Å². The van der Waals surface area contributed by atoms with Crippen molar-refractivity contribution in [3.05, 3.63) is 42.4 Å². The van der Waals surface area contributed by atoms with E-state index in [1.54, 1.807) is 19.5 Å². The van der Waals surface area contributed by atoms with Crippen LogP contribution in [0, 0.1) is 0 Å². The molecule has 0 radical (unpaired) electrons. The molecular weight excluding hydrogens is 344 g/mol. The molecule has 1 amide bonds. The zero-order valence-electron chi connectivity index (χ0n) is 16.1. The Labute approximate surface area is 159 Å². The fourth-order valence-corrected chi connectivity index (χ4v) is 3.27. The molecule has 1 aliphatic heterocycles. The van der Waals surface area contributed by atoms with Gasteiger partial charge in [0, 0.05) is 31.4 Å². The quantitative estimate of drug-likeness (QED) is 0.778. The van der Waals surface area contributed by atoms with E-state index in [0.717, 1.165) is 31.6 Å². The summed E-state index contributed by atoms with van der Waals surface area (Å²) in [7, 11) is 5.43. The number of aromatic nitrogens is 2. The van der Waals surface area contributed by atoms with Crippen LogP contribution < -0.4 is 9.47 Å². The third-order valence-electron chi connectivity index (χ3n) is 4.65. The average Bonchev–Trinajstić information content (AvgIpc) is 2.68. The van der Waals surface area contributed by atoms with Crippen LogP contribution in [0.15, 0.2) is 36.7 Å². The number of hydrogen-bond donors (Lipinski definition) is 0. The molecule has 3 rings (SSSR count). The number of para-hydroxylation sites is 2. The van der Waals surface area contributed by atoms with Crippen LogP contribution in [0.1, 0.15) is 24.5 Å². The molecule has 0 bridgehead atoms. The van der Waals surface area contributed by atoms with Crippen molar-refractivity contribution in [2.75, 3.05) is 40.8 Å². The normalized spacial score (nSPS) is 15.0. The molecule has 144 valence electrons. The molecule has 27 heavy (non-hydrogen) atoms. The van der Waals surface area contributed by atoms with Crippen molar-refractivity contribution < 1.29 is 14.3 Å². The molecule has 7 heteroatoms. The van der Waals surface area contributed by atoms with Gasteiger partial charge in [-0.3, -0.25) is 9.78 Å². The van der Waals surface area contributed by atoms with E-state index in [4.69, 9.17) is 9.47 Å². The highest BCUT2D eigenvalue weighted by molar-refractivity contribution is 5.78. The average molecular weight is 370 g/mol. The predicted octanol–water partition coefficient (Wildman–Crippen LogP) is 2.55. The molecule has 7 nitrogen and oxygen atoms in total. The largest absolute Gasteiger partial charge is 0.493 e. The Kier molecular flexibility index (Phi) is 6.24. The summed E-state index contributed by atoms with van der Waals surface area (Å²) in [5.74, 6) is 2.15. The van der Waals surface area contributed by atoms with E-state index in [0.29, 0.717) is 23.9 Å². The number of carbonyl (C=O) groups excluding carboxylic acids is 1. The number of likely N-dealkylation sites (tertiary alicyclic amines) is 1. The van der Waals surface area contributed by atoms with Gasteiger partial charge in [-0.1, -0.05) is 12.1 Å². The van der Waals surface area contributed by atoms with Gasteiger partial charge in [0.25, 0.3) is 0 Å². The fraction of sp³-hybridized carbons (Fsp3) is 0.450. The van der Waals surface area contributed by atoms with Crippen LogP contribution in [0.4, 0.5) is 0 Å². The summed E-state index contributed by atoms with van der Waals surface area (Å²) in [6.45, 7) is 1.89. The third kappa shape index (κ3) is 4.74. The van der Waals surface area contributed by atoms with Crippen molar-refractivity contribution in [3.8, 4) is 17.4 Å². The van der Waals surface area contributed by atoms with Crippen LogP contribution in [-0.4, -0.2) is 66.5 Å². The lowest BCUT2D eigenvalue weighted by Gasteiger charge is -2.32. The van der Waals surface area contributed by atoms with Crippen molar-refractivity contribution in [3.63, 3.8) is 0 Å². The van der Waals surface area contributed by atoms with Crippen molar-refractivity contribution in [2.24, 2.45) is 0 Å². The standard InChI is InChI=1S/C20H26N4O3/c1-23(2)14-18(25)24-12-8-15(9-13-24)19-20(22-11-10-21-19)27-17-7-5-4-6-16(17)26-3/h4-7,10-11,15H,8-9,12-14H2,1-3H3. The minimum absolute atomic E-state index is 0.170. The van der Waals surface area contributed by atoms with E-state index in [1.807, 2.05) is 48.2 Å². The summed E-state index contributed by atoms with van der Waals surface area (Å²) in [5, 5.41) is 0. The molecule has 0 unspecified atom stereocenters. The fourth-order valence-electron chi connectivity index (χ4n) is 3.27. The number of ether oxygens (including phenoxy) is 2. The summed E-state index contributed by atoms with van der Waals surface area (Å²) in [6, 6.07) is 7.48. The Bertz CT molecular complexity index is 773. The van der Waals surface area contributed by atoms with E-state index >= 15 is 0 Å². The number of likely N-dealkylation sites (N-methyl/N-ethyl adjacent to an activating group) is 1. The number of hydrogen-bond acceptors (Lipinski definition) is 6. The number of benzene rings is 1. The highest BCUT2D eigenvalue weighted by Crippen LogP contribution is 2.36. The minimum atomic E-state index is 0.170. The summed E-state index contributed by atoms with van der Waals surface area (Å²) < 4.78 is 11.4. The van der Waals surface area contributed by atoms with Crippen molar-refractivity contribution >= 4 is 5.91 Å². The SMILES string of the molecule is COc1ccccc1Oc1nccnc1C1CCN(C(=O)CN(C)C)CC1. The zero-order chi connectivity index (χ0) is 19.2. The van der Waals surface area contributed by atoms with Gasteiger partial charge in [-0.2, -0.15) is 0 Å². The van der Waals surface area contributed by atoms with Crippen LogP contribution >= 0.6 is 0 Å². The second kappa shape index (κ2) is 8.81. The first kappa shape index (κ1) is 19.1. The topological polar surface area (TPSA) is 67.8 Å². The lowest BCUT2D eigenvalue weighted by Crippen LogP contribution is -2.42. The van der Waals surface area contributed by atoms with Crippen molar-refractivity contribution in [2.45, 2.75) is 18.8 Å². The van der Waals surface area contributed by atoms with E-state index in [2.05, 4.69) is 9.97 Å². The van der Waals surface area contributed by atoms with E-state index in [-0.39, 0.29) is 11.8 Å². The van der Waals surface area contributed by atoms with Gasteiger partial charge in [0.2, 0.25) is 11.8 Å². The number of piperidine rings is 1. The van der Waals surface area contributed by atoms with Gasteiger partial charge >= 0.3 is 0 Å². The van der Waals surface area contributed by atoms with Crippen LogP contribution in [0.25, 0.3) is 0 Å². The molecular formula is C20H26N4O3. The maximum Gasteiger partial charge on any atom is 0.241 e. The number of methoxy groups -OCH3 is 1. The highest BCUT2D eigenvalue weighted by atomic mass is 16.5. The van der Waals surface area contributed by atoms with Gasteiger partial charge < -0.3 is 19.3 Å². The summed E-state index contributed by atoms with van der Waals surface area (Å²) >= 11 is 0. The van der Waals surface area contributed by atoms with Crippen molar-refractivity contribution in [1.29, 1.82) is 0 Å². The Hall–Kier alpha value is -2.67. The zero-order valence-corrected chi connectivity index (χ0v) is 16.1. The molecule has 0 N–H and O–H groups in total. The number of rotatable bonds is 6. The Balaban J connectivity index is 1.71. The van der Waals surface area contributed by atoms with Crippen LogP contribution in [0.5, 0.6) is 17.4 Å².